The molecule has 0 radical (unpaired) electrons. The average molecular weight is 371 g/mol. The third-order valence-corrected chi connectivity index (χ3v) is 4.57. The SMILES string of the molecule is Nc1ncnc2c1ncn2[C@@H]1O[C@H](C(O)C(=O)c2ccccc2)[C@@H](O)[C@H]1O. The summed E-state index contributed by atoms with van der Waals surface area (Å²) < 4.78 is 7.01. The van der Waals surface area contributed by atoms with Crippen molar-refractivity contribution < 1.29 is 24.9 Å². The van der Waals surface area contributed by atoms with Gasteiger partial charge in [0.2, 0.25) is 0 Å². The predicted molar refractivity (Wildman–Crippen MR) is 92.4 cm³/mol. The van der Waals surface area contributed by atoms with Crippen molar-refractivity contribution >= 4 is 22.8 Å². The van der Waals surface area contributed by atoms with Gasteiger partial charge in [-0.05, 0) is 0 Å². The fraction of sp³-hybridized carbons (Fsp3) is 0.294. The van der Waals surface area contributed by atoms with Gasteiger partial charge in [-0.1, -0.05) is 30.3 Å². The zero-order valence-electron chi connectivity index (χ0n) is 14.0. The molecule has 2 aromatic heterocycles. The number of ketones is 1. The predicted octanol–water partition coefficient (Wildman–Crippen LogP) is -0.729. The third-order valence-electron chi connectivity index (χ3n) is 4.57. The van der Waals surface area contributed by atoms with Crippen molar-refractivity contribution in [1.82, 2.24) is 19.5 Å². The summed E-state index contributed by atoms with van der Waals surface area (Å²) in [5.41, 5.74) is 6.62. The Kier molecular flexibility index (Phi) is 4.32. The number of aliphatic hydroxyl groups is 3. The van der Waals surface area contributed by atoms with Crippen molar-refractivity contribution in [2.75, 3.05) is 5.73 Å². The smallest absolute Gasteiger partial charge is 0.194 e. The second-order valence-electron chi connectivity index (χ2n) is 6.23. The van der Waals surface area contributed by atoms with Crippen LogP contribution in [0.25, 0.3) is 11.2 Å². The summed E-state index contributed by atoms with van der Waals surface area (Å²) in [6, 6.07) is 8.14. The third kappa shape index (κ3) is 2.84. The van der Waals surface area contributed by atoms with Crippen LogP contribution in [0.5, 0.6) is 0 Å². The van der Waals surface area contributed by atoms with Crippen molar-refractivity contribution in [3.05, 3.63) is 48.5 Å². The molecule has 5 N–H and O–H groups in total. The van der Waals surface area contributed by atoms with Gasteiger partial charge in [0.25, 0.3) is 0 Å². The van der Waals surface area contributed by atoms with Crippen LogP contribution in [0.15, 0.2) is 43.0 Å². The summed E-state index contributed by atoms with van der Waals surface area (Å²) in [6.45, 7) is 0. The largest absolute Gasteiger partial charge is 0.387 e. The van der Waals surface area contributed by atoms with Crippen molar-refractivity contribution in [2.24, 2.45) is 0 Å². The molecule has 140 valence electrons. The van der Waals surface area contributed by atoms with Crippen LogP contribution >= 0.6 is 0 Å². The number of nitrogens with zero attached hydrogens (tertiary/aromatic N) is 4. The number of imidazole rings is 1. The van der Waals surface area contributed by atoms with Crippen molar-refractivity contribution in [3.63, 3.8) is 0 Å². The fourth-order valence-corrected chi connectivity index (χ4v) is 3.15. The Labute approximate surface area is 152 Å². The molecule has 0 bridgehead atoms. The van der Waals surface area contributed by atoms with Gasteiger partial charge < -0.3 is 25.8 Å². The molecule has 0 amide bonds. The lowest BCUT2D eigenvalue weighted by Gasteiger charge is -2.20. The zero-order chi connectivity index (χ0) is 19.1. The first-order valence-corrected chi connectivity index (χ1v) is 8.21. The summed E-state index contributed by atoms with van der Waals surface area (Å²) in [5, 5.41) is 31.2. The Morgan fingerprint density at radius 1 is 1.15 bits per heavy atom. The Hall–Kier alpha value is -2.92. The van der Waals surface area contributed by atoms with Crippen LogP contribution in [0.2, 0.25) is 0 Å². The number of nitrogen functional groups attached to an aromatic ring is 1. The van der Waals surface area contributed by atoms with Gasteiger partial charge >= 0.3 is 0 Å². The molecule has 1 aromatic carbocycles. The van der Waals surface area contributed by atoms with Crippen molar-refractivity contribution in [2.45, 2.75) is 30.6 Å². The van der Waals surface area contributed by atoms with E-state index >= 15 is 0 Å². The number of aliphatic hydroxyl groups excluding tert-OH is 3. The van der Waals surface area contributed by atoms with Crippen LogP contribution in [0.3, 0.4) is 0 Å². The lowest BCUT2D eigenvalue weighted by molar-refractivity contribution is -0.0725. The molecule has 5 atom stereocenters. The Bertz CT molecular complexity index is 978. The fourth-order valence-electron chi connectivity index (χ4n) is 3.15. The number of carbonyl (C=O) groups excluding carboxylic acids is 1. The monoisotopic (exact) mass is 371 g/mol. The number of carbonyl (C=O) groups is 1. The van der Waals surface area contributed by atoms with E-state index in [9.17, 15) is 20.1 Å². The lowest BCUT2D eigenvalue weighted by Crippen LogP contribution is -2.42. The lowest BCUT2D eigenvalue weighted by atomic mass is 9.98. The number of Topliss-reactive ketones (excluding diaryl/α,β-unsaturated/α-hetero) is 1. The Morgan fingerprint density at radius 3 is 2.63 bits per heavy atom. The second-order valence-corrected chi connectivity index (χ2v) is 6.23. The van der Waals surface area contributed by atoms with Crippen LogP contribution < -0.4 is 5.73 Å². The maximum atomic E-state index is 12.5. The molecule has 1 fully saturated rings. The van der Waals surface area contributed by atoms with E-state index in [4.69, 9.17) is 10.5 Å². The van der Waals surface area contributed by atoms with Crippen LogP contribution in [0, 0.1) is 0 Å². The highest BCUT2D eigenvalue weighted by Gasteiger charge is 2.49. The number of aromatic nitrogens is 4. The molecule has 1 aliphatic heterocycles. The molecule has 1 aliphatic rings. The molecule has 0 aliphatic carbocycles. The number of anilines is 1. The number of benzene rings is 1. The molecular weight excluding hydrogens is 354 g/mol. The maximum absolute atomic E-state index is 12.5. The van der Waals surface area contributed by atoms with Crippen LogP contribution in [0.1, 0.15) is 16.6 Å². The van der Waals surface area contributed by atoms with E-state index in [2.05, 4.69) is 15.0 Å². The van der Waals surface area contributed by atoms with Gasteiger partial charge in [-0.25, -0.2) is 15.0 Å². The summed E-state index contributed by atoms with van der Waals surface area (Å²) in [6.07, 6.45) is -4.42. The first kappa shape index (κ1) is 17.5. The molecule has 1 saturated heterocycles. The Morgan fingerprint density at radius 2 is 1.89 bits per heavy atom. The molecule has 27 heavy (non-hydrogen) atoms. The highest BCUT2D eigenvalue weighted by atomic mass is 16.6. The molecule has 10 heteroatoms. The van der Waals surface area contributed by atoms with Gasteiger partial charge in [0.05, 0.1) is 6.33 Å². The van der Waals surface area contributed by atoms with Gasteiger partial charge in [-0.2, -0.15) is 0 Å². The van der Waals surface area contributed by atoms with Crippen LogP contribution in [0.4, 0.5) is 5.82 Å². The summed E-state index contributed by atoms with van der Waals surface area (Å²) in [7, 11) is 0. The van der Waals surface area contributed by atoms with E-state index in [1.807, 2.05) is 0 Å². The maximum Gasteiger partial charge on any atom is 0.194 e. The number of rotatable bonds is 4. The minimum absolute atomic E-state index is 0.155. The molecule has 3 aromatic rings. The quantitative estimate of drug-likeness (QED) is 0.434. The highest BCUT2D eigenvalue weighted by molar-refractivity contribution is 5.99. The minimum atomic E-state index is -1.66. The number of ether oxygens (including phenoxy) is 1. The number of fused-ring (bicyclic) bond motifs is 1. The molecule has 3 heterocycles. The van der Waals surface area contributed by atoms with E-state index in [1.54, 1.807) is 30.3 Å². The van der Waals surface area contributed by atoms with E-state index in [0.717, 1.165) is 0 Å². The first-order valence-electron chi connectivity index (χ1n) is 8.21. The molecule has 4 rings (SSSR count). The van der Waals surface area contributed by atoms with Gasteiger partial charge in [-0.15, -0.1) is 0 Å². The number of nitrogens with two attached hydrogens (primary N) is 1. The topological polar surface area (TPSA) is 157 Å². The zero-order valence-corrected chi connectivity index (χ0v) is 14.0. The minimum Gasteiger partial charge on any atom is -0.387 e. The average Bonchev–Trinajstić information content (AvgIpc) is 3.24. The van der Waals surface area contributed by atoms with Crippen molar-refractivity contribution in [3.8, 4) is 0 Å². The molecule has 1 unspecified atom stereocenters. The van der Waals surface area contributed by atoms with E-state index in [1.165, 1.54) is 17.2 Å². The normalized spacial score (nSPS) is 26.3. The van der Waals surface area contributed by atoms with E-state index in [0.29, 0.717) is 11.2 Å². The molecule has 0 saturated carbocycles. The van der Waals surface area contributed by atoms with Crippen LogP contribution in [-0.2, 0) is 4.74 Å². The standard InChI is InChI=1S/C17H17N5O5/c18-15-9-16(20-6-19-15)22(7-21-9)17-13(26)12(25)14(27-17)11(24)10(23)8-4-2-1-3-5-8/h1-7,11-14,17,24-26H,(H2,18,19,20)/t11?,12-,13+,14+,17+/m0/s1. The van der Waals surface area contributed by atoms with Crippen molar-refractivity contribution in [1.29, 1.82) is 0 Å². The summed E-state index contributed by atoms with van der Waals surface area (Å²) >= 11 is 0. The van der Waals surface area contributed by atoms with Gasteiger partial charge in [-0.3, -0.25) is 9.36 Å². The molecule has 0 spiro atoms. The molecular formula is C17H17N5O5. The number of hydrogen-bond acceptors (Lipinski definition) is 9. The van der Waals surface area contributed by atoms with Gasteiger partial charge in [0, 0.05) is 5.56 Å². The van der Waals surface area contributed by atoms with Gasteiger partial charge in [0.1, 0.15) is 36.3 Å². The Balaban J connectivity index is 1.62. The first-order chi connectivity index (χ1) is 13.0. The summed E-state index contributed by atoms with van der Waals surface area (Å²) in [4.78, 5) is 24.4. The van der Waals surface area contributed by atoms with Gasteiger partial charge in [0.15, 0.2) is 23.5 Å². The van der Waals surface area contributed by atoms with Crippen LogP contribution in [-0.4, -0.2) is 65.0 Å². The highest BCUT2D eigenvalue weighted by Crippen LogP contribution is 2.33. The van der Waals surface area contributed by atoms with E-state index in [-0.39, 0.29) is 11.4 Å². The van der Waals surface area contributed by atoms with E-state index < -0.39 is 36.4 Å². The number of hydrogen-bond donors (Lipinski definition) is 4. The second kappa shape index (κ2) is 6.67. The summed E-state index contributed by atoms with van der Waals surface area (Å²) in [5.74, 6) is -0.461. The molecule has 10 nitrogen and oxygen atoms in total.